The monoisotopic (exact) mass is 233 g/mol. The fourth-order valence-electron chi connectivity index (χ4n) is 1.98. The highest BCUT2D eigenvalue weighted by Crippen LogP contribution is 2.36. The Balaban J connectivity index is 2.32. The van der Waals surface area contributed by atoms with Crippen LogP contribution < -0.4 is 5.46 Å². The van der Waals surface area contributed by atoms with Crippen molar-refractivity contribution >= 4 is 12.6 Å². The molecule has 1 aliphatic heterocycles. The molecule has 3 nitrogen and oxygen atoms in total. The molecule has 0 aromatic carbocycles. The van der Waals surface area contributed by atoms with Crippen molar-refractivity contribution in [3.63, 3.8) is 0 Å². The zero-order valence-corrected chi connectivity index (χ0v) is 11.5. The molecule has 0 bridgehead atoms. The van der Waals surface area contributed by atoms with Gasteiger partial charge in [0.2, 0.25) is 0 Å². The van der Waals surface area contributed by atoms with Crippen LogP contribution in [0.25, 0.3) is 0 Å². The van der Waals surface area contributed by atoms with Gasteiger partial charge < -0.3 is 9.31 Å². The quantitative estimate of drug-likeness (QED) is 0.695. The molecule has 4 heteroatoms. The first-order valence-electron chi connectivity index (χ1n) is 6.02. The summed E-state index contributed by atoms with van der Waals surface area (Å²) >= 11 is 0. The molecule has 0 atom stereocenters. The van der Waals surface area contributed by atoms with Gasteiger partial charge in [0.05, 0.1) is 11.2 Å². The van der Waals surface area contributed by atoms with E-state index in [0.717, 1.165) is 16.9 Å². The lowest BCUT2D eigenvalue weighted by molar-refractivity contribution is 0.00578. The zero-order chi connectivity index (χ0) is 12.8. The first-order chi connectivity index (χ1) is 7.71. The Morgan fingerprint density at radius 1 is 0.941 bits per heavy atom. The van der Waals surface area contributed by atoms with Gasteiger partial charge in [-0.05, 0) is 59.1 Å². The number of nitrogens with zero attached hydrogens (tertiary/aromatic N) is 1. The lowest BCUT2D eigenvalue weighted by Gasteiger charge is -2.32. The summed E-state index contributed by atoms with van der Waals surface area (Å²) < 4.78 is 12.0. The third-order valence-corrected chi connectivity index (χ3v) is 3.63. The third-order valence-electron chi connectivity index (χ3n) is 3.63. The van der Waals surface area contributed by atoms with E-state index in [1.54, 1.807) is 0 Å². The van der Waals surface area contributed by atoms with Gasteiger partial charge in [0.25, 0.3) is 0 Å². The molecular weight excluding hydrogens is 213 g/mol. The number of pyridine rings is 1. The number of aryl methyl sites for hydroxylation is 2. The maximum absolute atomic E-state index is 6.01. The predicted octanol–water partition coefficient (Wildman–Crippen LogP) is 2.00. The van der Waals surface area contributed by atoms with Crippen molar-refractivity contribution < 1.29 is 9.31 Å². The molecule has 0 unspecified atom stereocenters. The van der Waals surface area contributed by atoms with E-state index in [-0.39, 0.29) is 18.3 Å². The van der Waals surface area contributed by atoms with Crippen molar-refractivity contribution in [2.45, 2.75) is 52.7 Å². The molecule has 1 aromatic heterocycles. The number of aromatic nitrogens is 1. The van der Waals surface area contributed by atoms with E-state index in [9.17, 15) is 0 Å². The summed E-state index contributed by atoms with van der Waals surface area (Å²) in [5, 5.41) is 0. The average Bonchev–Trinajstić information content (AvgIpc) is 2.34. The SMILES string of the molecule is Cc1cc(B2OC(C)(C)C(C)(C)O2)cc(C)n1. The molecule has 0 radical (unpaired) electrons. The molecule has 1 saturated heterocycles. The molecular formula is C13H20BNO2. The van der Waals surface area contributed by atoms with Crippen molar-refractivity contribution in [1.82, 2.24) is 4.98 Å². The summed E-state index contributed by atoms with van der Waals surface area (Å²) in [7, 11) is -0.291. The molecule has 0 N–H and O–H groups in total. The molecule has 0 aliphatic carbocycles. The van der Waals surface area contributed by atoms with E-state index in [1.165, 1.54) is 0 Å². The van der Waals surface area contributed by atoms with Crippen LogP contribution >= 0.6 is 0 Å². The highest BCUT2D eigenvalue weighted by molar-refractivity contribution is 6.62. The summed E-state index contributed by atoms with van der Waals surface area (Å²) in [4.78, 5) is 4.37. The van der Waals surface area contributed by atoms with Gasteiger partial charge in [-0.1, -0.05) is 0 Å². The van der Waals surface area contributed by atoms with Gasteiger partial charge in [0.15, 0.2) is 0 Å². The Kier molecular flexibility index (Phi) is 2.83. The Hall–Kier alpha value is -0.865. The molecule has 17 heavy (non-hydrogen) atoms. The zero-order valence-electron chi connectivity index (χ0n) is 11.5. The van der Waals surface area contributed by atoms with Gasteiger partial charge in [-0.25, -0.2) is 0 Å². The topological polar surface area (TPSA) is 31.4 Å². The largest absolute Gasteiger partial charge is 0.494 e. The molecule has 2 rings (SSSR count). The smallest absolute Gasteiger partial charge is 0.399 e. The Labute approximate surface area is 104 Å². The fourth-order valence-corrected chi connectivity index (χ4v) is 1.98. The first-order valence-corrected chi connectivity index (χ1v) is 6.02. The van der Waals surface area contributed by atoms with Crippen molar-refractivity contribution in [3.05, 3.63) is 23.5 Å². The Morgan fingerprint density at radius 2 is 1.35 bits per heavy atom. The molecule has 2 heterocycles. The van der Waals surface area contributed by atoms with E-state index in [4.69, 9.17) is 9.31 Å². The minimum Gasteiger partial charge on any atom is -0.399 e. The van der Waals surface area contributed by atoms with Crippen LogP contribution in [0.1, 0.15) is 39.1 Å². The van der Waals surface area contributed by atoms with Crippen molar-refractivity contribution in [2.24, 2.45) is 0 Å². The van der Waals surface area contributed by atoms with Crippen LogP contribution in [0, 0.1) is 13.8 Å². The third kappa shape index (κ3) is 2.24. The van der Waals surface area contributed by atoms with E-state index >= 15 is 0 Å². The van der Waals surface area contributed by atoms with Gasteiger partial charge in [-0.2, -0.15) is 0 Å². The van der Waals surface area contributed by atoms with Gasteiger partial charge in [-0.15, -0.1) is 0 Å². The molecule has 1 fully saturated rings. The van der Waals surface area contributed by atoms with Gasteiger partial charge in [0, 0.05) is 11.4 Å². The summed E-state index contributed by atoms with van der Waals surface area (Å²) in [6.07, 6.45) is 0. The van der Waals surface area contributed by atoms with E-state index in [1.807, 2.05) is 26.0 Å². The molecule has 1 aromatic rings. The molecule has 0 saturated carbocycles. The van der Waals surface area contributed by atoms with Crippen molar-refractivity contribution in [3.8, 4) is 0 Å². The summed E-state index contributed by atoms with van der Waals surface area (Å²) in [5.41, 5.74) is 2.46. The summed E-state index contributed by atoms with van der Waals surface area (Å²) in [5.74, 6) is 0. The predicted molar refractivity (Wildman–Crippen MR) is 69.4 cm³/mol. The summed E-state index contributed by atoms with van der Waals surface area (Å²) in [6, 6.07) is 4.05. The number of hydrogen-bond donors (Lipinski definition) is 0. The standard InChI is InChI=1S/C13H20BNO2/c1-9-7-11(8-10(2)15-9)14-16-12(3,4)13(5,6)17-14/h7-8H,1-6H3. The van der Waals surface area contributed by atoms with Gasteiger partial charge >= 0.3 is 7.12 Å². The van der Waals surface area contributed by atoms with Crippen molar-refractivity contribution in [1.29, 1.82) is 0 Å². The Morgan fingerprint density at radius 3 is 1.76 bits per heavy atom. The highest BCUT2D eigenvalue weighted by Gasteiger charge is 2.51. The molecule has 92 valence electrons. The fraction of sp³-hybridized carbons (Fsp3) is 0.615. The van der Waals surface area contributed by atoms with Gasteiger partial charge in [-0.3, -0.25) is 4.98 Å². The maximum Gasteiger partial charge on any atom is 0.494 e. The Bertz CT molecular complexity index is 407. The lowest BCUT2D eigenvalue weighted by atomic mass is 9.79. The second-order valence-electron chi connectivity index (χ2n) is 5.77. The molecule has 1 aliphatic rings. The number of rotatable bonds is 1. The second kappa shape index (κ2) is 3.82. The molecule has 0 spiro atoms. The average molecular weight is 233 g/mol. The first kappa shape index (κ1) is 12.6. The number of hydrogen-bond acceptors (Lipinski definition) is 3. The van der Waals surface area contributed by atoms with Crippen LogP contribution in [0.15, 0.2) is 12.1 Å². The van der Waals surface area contributed by atoms with Crippen LogP contribution in [0.5, 0.6) is 0 Å². The maximum atomic E-state index is 6.01. The minimum atomic E-state index is -0.291. The normalized spacial score (nSPS) is 21.9. The van der Waals surface area contributed by atoms with E-state index in [0.29, 0.717) is 0 Å². The minimum absolute atomic E-state index is 0.289. The highest BCUT2D eigenvalue weighted by atomic mass is 16.7. The summed E-state index contributed by atoms with van der Waals surface area (Å²) in [6.45, 7) is 12.2. The van der Waals surface area contributed by atoms with Gasteiger partial charge in [0.1, 0.15) is 0 Å². The second-order valence-corrected chi connectivity index (χ2v) is 5.77. The van der Waals surface area contributed by atoms with Crippen molar-refractivity contribution in [2.75, 3.05) is 0 Å². The van der Waals surface area contributed by atoms with Crippen LogP contribution in [-0.4, -0.2) is 23.3 Å². The lowest BCUT2D eigenvalue weighted by Crippen LogP contribution is -2.41. The van der Waals surface area contributed by atoms with Crippen LogP contribution in [0.3, 0.4) is 0 Å². The van der Waals surface area contributed by atoms with Crippen LogP contribution in [0.2, 0.25) is 0 Å². The van der Waals surface area contributed by atoms with Crippen LogP contribution in [-0.2, 0) is 9.31 Å². The van der Waals surface area contributed by atoms with Crippen LogP contribution in [0.4, 0.5) is 0 Å². The molecule has 0 amide bonds. The van der Waals surface area contributed by atoms with E-state index in [2.05, 4.69) is 32.7 Å². The van der Waals surface area contributed by atoms with E-state index < -0.39 is 0 Å².